The number of ether oxygens (including phenoxy) is 1. The van der Waals surface area contributed by atoms with E-state index in [1.54, 1.807) is 0 Å². The molecule has 4 heteroatoms. The van der Waals surface area contributed by atoms with Crippen LogP contribution in [0.1, 0.15) is 104 Å². The minimum absolute atomic E-state index is 0. The molecule has 0 spiro atoms. The van der Waals surface area contributed by atoms with Gasteiger partial charge in [0.2, 0.25) is 0 Å². The number of anilines is 6. The third-order valence-electron chi connectivity index (χ3n) is 17.2. The van der Waals surface area contributed by atoms with Crippen LogP contribution in [0.15, 0.2) is 218 Å². The SMILES string of the molecule is CCC(C)Oc1ccc(N(c2ccc(C(C)CC)cc2)c2ccc3c4c(-c5ccccc5)c5c6cccc7c(N(c8cc[c-]cc8)c8ccc(C(C)CC)cc8)ccc(c5c(-c5ccccc5)c4c4cccc2c43)c76)cc1.[CH2-]CCC.[Os+2]. The van der Waals surface area contributed by atoms with E-state index in [1.165, 1.54) is 104 Å². The van der Waals surface area contributed by atoms with Gasteiger partial charge < -0.3 is 21.5 Å². The van der Waals surface area contributed by atoms with Crippen LogP contribution in [0.25, 0.3) is 86.9 Å². The predicted octanol–water partition coefficient (Wildman–Crippen LogP) is 23.4. The minimum atomic E-state index is 0. The molecule has 13 aromatic rings. The smallest absolute Gasteiger partial charge is 0.491 e. The van der Waals surface area contributed by atoms with Crippen LogP contribution in [-0.4, -0.2) is 6.10 Å². The van der Waals surface area contributed by atoms with Gasteiger partial charge in [0.15, 0.2) is 0 Å². The average molecular weight is 1240 g/mol. The molecule has 0 aliphatic rings. The van der Waals surface area contributed by atoms with Gasteiger partial charge in [-0.25, -0.2) is 0 Å². The number of hydrogen-bond acceptors (Lipinski definition) is 3. The summed E-state index contributed by atoms with van der Waals surface area (Å²) in [6.45, 7) is 19.2. The molecule has 3 atom stereocenters. The van der Waals surface area contributed by atoms with Crippen molar-refractivity contribution < 1.29 is 24.5 Å². The van der Waals surface area contributed by atoms with Crippen molar-refractivity contribution in [2.45, 2.75) is 98.5 Å². The van der Waals surface area contributed by atoms with Crippen molar-refractivity contribution in [2.24, 2.45) is 0 Å². The number of fused-ring (bicyclic) bond motifs is 6. The van der Waals surface area contributed by atoms with E-state index >= 15 is 0 Å². The Bertz CT molecular complexity index is 4160. The van der Waals surface area contributed by atoms with Crippen LogP contribution in [0.5, 0.6) is 5.75 Å². The largest absolute Gasteiger partial charge is 2.00 e. The Labute approximate surface area is 498 Å². The monoisotopic (exact) mass is 1240 g/mol. The topological polar surface area (TPSA) is 15.7 Å². The van der Waals surface area contributed by atoms with Gasteiger partial charge in [-0.3, -0.25) is 0 Å². The Morgan fingerprint density at radius 1 is 0.390 bits per heavy atom. The molecule has 0 amide bonds. The second kappa shape index (κ2) is 24.2. The van der Waals surface area contributed by atoms with Crippen LogP contribution >= 0.6 is 0 Å². The third kappa shape index (κ3) is 9.94. The first kappa shape index (κ1) is 55.9. The molecule has 0 N–H and O–H groups in total. The summed E-state index contributed by atoms with van der Waals surface area (Å²) in [5.41, 5.74) is 14.4. The van der Waals surface area contributed by atoms with E-state index in [0.29, 0.717) is 11.8 Å². The van der Waals surface area contributed by atoms with Gasteiger partial charge in [-0.2, -0.15) is 24.6 Å². The summed E-state index contributed by atoms with van der Waals surface area (Å²) in [7, 11) is 0. The second-order valence-corrected chi connectivity index (χ2v) is 22.1. The van der Waals surface area contributed by atoms with E-state index in [-0.39, 0.29) is 25.9 Å². The summed E-state index contributed by atoms with van der Waals surface area (Å²) in [6, 6.07) is 84.8. The Morgan fingerprint density at radius 3 is 1.13 bits per heavy atom. The summed E-state index contributed by atoms with van der Waals surface area (Å²) < 4.78 is 6.32. The molecule has 0 aliphatic heterocycles. The molecule has 0 saturated heterocycles. The summed E-state index contributed by atoms with van der Waals surface area (Å²) in [4.78, 5) is 4.88. The quantitative estimate of drug-likeness (QED) is 0.0897. The van der Waals surface area contributed by atoms with Gasteiger partial charge in [0.1, 0.15) is 5.75 Å². The van der Waals surface area contributed by atoms with Crippen LogP contribution in [0.3, 0.4) is 0 Å². The molecule has 0 radical (unpaired) electrons. The Kier molecular flexibility index (Phi) is 16.5. The van der Waals surface area contributed by atoms with Crippen molar-refractivity contribution in [3.05, 3.63) is 243 Å². The van der Waals surface area contributed by atoms with Gasteiger partial charge >= 0.3 is 19.8 Å². The Balaban J connectivity index is 0.00000137. The number of hydrogen-bond donors (Lipinski definition) is 0. The van der Waals surface area contributed by atoms with Crippen molar-refractivity contribution in [1.29, 1.82) is 0 Å². The molecule has 0 fully saturated rings. The minimum Gasteiger partial charge on any atom is -0.491 e. The molecular formula is C78H72N2OOs. The first-order chi connectivity index (χ1) is 39.8. The molecule has 408 valence electrons. The van der Waals surface area contributed by atoms with E-state index in [4.69, 9.17) is 4.74 Å². The number of nitrogens with zero attached hydrogens (tertiary/aromatic N) is 2. The number of unbranched alkanes of at least 4 members (excludes halogenated alkanes) is 1. The average Bonchev–Trinajstić information content (AvgIpc) is 3.86. The first-order valence-corrected chi connectivity index (χ1v) is 29.6. The van der Waals surface area contributed by atoms with Crippen molar-refractivity contribution in [1.82, 2.24) is 0 Å². The fourth-order valence-electron chi connectivity index (χ4n) is 12.4. The molecule has 13 aromatic carbocycles. The van der Waals surface area contributed by atoms with Crippen LogP contribution in [0.4, 0.5) is 34.1 Å². The van der Waals surface area contributed by atoms with Crippen molar-refractivity contribution in [3.8, 4) is 28.0 Å². The van der Waals surface area contributed by atoms with Crippen LogP contribution < -0.4 is 14.5 Å². The Hall–Kier alpha value is -8.02. The van der Waals surface area contributed by atoms with E-state index in [2.05, 4.69) is 278 Å². The van der Waals surface area contributed by atoms with Crippen molar-refractivity contribution in [2.75, 3.05) is 9.80 Å². The zero-order valence-corrected chi connectivity index (χ0v) is 51.0. The molecule has 13 rings (SSSR count). The first-order valence-electron chi connectivity index (χ1n) is 29.6. The molecule has 82 heavy (non-hydrogen) atoms. The zero-order valence-electron chi connectivity index (χ0n) is 48.4. The molecule has 3 unspecified atom stereocenters. The van der Waals surface area contributed by atoms with Gasteiger partial charge in [-0.05, 0) is 186 Å². The normalized spacial score (nSPS) is 12.6. The van der Waals surface area contributed by atoms with Gasteiger partial charge in [-0.1, -0.05) is 187 Å². The fraction of sp³-hybridized carbons (Fsp3) is 0.192. The van der Waals surface area contributed by atoms with Gasteiger partial charge in [0.05, 0.1) is 17.5 Å². The summed E-state index contributed by atoms with van der Waals surface area (Å²) in [6.07, 6.45) is 5.56. The maximum Gasteiger partial charge on any atom is 2.00 e. The molecule has 0 aromatic heterocycles. The standard InChI is InChI=1S/C74H63N2O.C4H9.Os/c1-7-47(4)50-31-35-55(36-32-50)75(54-25-17-12-18-26-54)65-45-43-63-69-59(65)27-19-29-61(69)71-67(52-21-13-10-14-22-52)74-64-44-46-66(60-28-20-30-62(70(60)64)72(74)68(73(63)71)53-23-15-11-16-24-53)76(56-37-33-51(34-38-56)48(5)8-2)57-39-41-58(42-40-57)77-49(6)9-3;1-3-4-2;/h10-11,13-49H,7-9H2,1-6H3;1,3-4H2,2H3;/q2*-1;+2. The summed E-state index contributed by atoms with van der Waals surface area (Å²) in [5.74, 6) is 1.85. The van der Waals surface area contributed by atoms with E-state index in [9.17, 15) is 0 Å². The van der Waals surface area contributed by atoms with Gasteiger partial charge in [0.25, 0.3) is 0 Å². The van der Waals surface area contributed by atoms with E-state index in [1.807, 2.05) is 12.1 Å². The van der Waals surface area contributed by atoms with Crippen LogP contribution in [-0.2, 0) is 19.8 Å². The second-order valence-electron chi connectivity index (χ2n) is 22.1. The fourth-order valence-corrected chi connectivity index (χ4v) is 12.4. The van der Waals surface area contributed by atoms with E-state index < -0.39 is 0 Å². The molecule has 0 saturated carbocycles. The maximum atomic E-state index is 6.32. The van der Waals surface area contributed by atoms with Crippen molar-refractivity contribution in [3.63, 3.8) is 0 Å². The van der Waals surface area contributed by atoms with Gasteiger partial charge in [-0.15, -0.1) is 12.1 Å². The number of benzene rings is 11. The van der Waals surface area contributed by atoms with E-state index in [0.717, 1.165) is 65.6 Å². The van der Waals surface area contributed by atoms with Crippen molar-refractivity contribution >= 4 is 98.8 Å². The summed E-state index contributed by atoms with van der Waals surface area (Å²) in [5, 5.41) is 15.2. The third-order valence-corrected chi connectivity index (χ3v) is 17.2. The van der Waals surface area contributed by atoms with Crippen LogP contribution in [0, 0.1) is 13.0 Å². The zero-order chi connectivity index (χ0) is 55.7. The van der Waals surface area contributed by atoms with Gasteiger partial charge in [0, 0.05) is 27.8 Å². The molecule has 0 bridgehead atoms. The van der Waals surface area contributed by atoms with Crippen LogP contribution in [0.2, 0.25) is 0 Å². The molecule has 0 aliphatic carbocycles. The number of rotatable bonds is 16. The summed E-state index contributed by atoms with van der Waals surface area (Å²) >= 11 is 0. The predicted molar refractivity (Wildman–Crippen MR) is 351 cm³/mol. The molecule has 0 heterocycles. The molecule has 3 nitrogen and oxygen atoms in total. The Morgan fingerprint density at radius 2 is 0.756 bits per heavy atom. The maximum absolute atomic E-state index is 6.32. The molecular weight excluding hydrogens is 1170 g/mol.